The van der Waals surface area contributed by atoms with Gasteiger partial charge in [-0.25, -0.2) is 4.39 Å². The van der Waals surface area contributed by atoms with Crippen molar-refractivity contribution in [2.75, 3.05) is 32.8 Å². The highest BCUT2D eigenvalue weighted by Crippen LogP contribution is 2.37. The van der Waals surface area contributed by atoms with E-state index in [-0.39, 0.29) is 24.4 Å². The van der Waals surface area contributed by atoms with Gasteiger partial charge in [0.2, 0.25) is 5.91 Å². The zero-order valence-electron chi connectivity index (χ0n) is 12.0. The van der Waals surface area contributed by atoms with Gasteiger partial charge in [0.15, 0.2) is 0 Å². The van der Waals surface area contributed by atoms with E-state index >= 15 is 0 Å². The first-order chi connectivity index (χ1) is 10.1. The van der Waals surface area contributed by atoms with Crippen molar-refractivity contribution in [3.8, 4) is 5.75 Å². The Morgan fingerprint density at radius 2 is 2.05 bits per heavy atom. The van der Waals surface area contributed by atoms with Gasteiger partial charge in [-0.3, -0.25) is 9.69 Å². The topological polar surface area (TPSA) is 53.0 Å². The monoisotopic (exact) mass is 294 g/mol. The van der Waals surface area contributed by atoms with Crippen LogP contribution >= 0.6 is 0 Å². The summed E-state index contributed by atoms with van der Waals surface area (Å²) < 4.78 is 19.0. The summed E-state index contributed by atoms with van der Waals surface area (Å²) in [6, 6.07) is 4.12. The van der Waals surface area contributed by atoms with E-state index in [1.54, 1.807) is 17.9 Å². The number of piperazine rings is 1. The lowest BCUT2D eigenvalue weighted by Gasteiger charge is -2.43. The smallest absolute Gasteiger partial charge is 0.219 e. The SMILES string of the molecule is CC(=O)N1CCN(C2c3cc(F)ccc3OCC2O)CC1. The standard InChI is InChI=1S/C15H19FN2O3/c1-10(19)17-4-6-18(7-5-17)15-12-8-11(16)2-3-14(12)21-9-13(15)20/h2-3,8,13,15,20H,4-7,9H2,1H3. The predicted molar refractivity (Wildman–Crippen MR) is 74.5 cm³/mol. The number of hydrogen-bond acceptors (Lipinski definition) is 4. The number of benzene rings is 1. The lowest BCUT2D eigenvalue weighted by molar-refractivity contribution is -0.131. The van der Waals surface area contributed by atoms with Gasteiger partial charge in [0, 0.05) is 38.7 Å². The van der Waals surface area contributed by atoms with Gasteiger partial charge in [0.1, 0.15) is 24.3 Å². The zero-order valence-corrected chi connectivity index (χ0v) is 12.0. The van der Waals surface area contributed by atoms with E-state index < -0.39 is 6.10 Å². The molecule has 1 amide bonds. The molecule has 0 aromatic heterocycles. The number of fused-ring (bicyclic) bond motifs is 1. The van der Waals surface area contributed by atoms with Gasteiger partial charge < -0.3 is 14.7 Å². The maximum Gasteiger partial charge on any atom is 0.219 e. The van der Waals surface area contributed by atoms with E-state index in [1.165, 1.54) is 12.1 Å². The number of carbonyl (C=O) groups is 1. The molecule has 2 aliphatic rings. The van der Waals surface area contributed by atoms with E-state index in [0.717, 1.165) is 0 Å². The number of halogens is 1. The van der Waals surface area contributed by atoms with Crippen LogP contribution in [-0.4, -0.2) is 59.7 Å². The third-order valence-electron chi connectivity index (χ3n) is 4.22. The summed E-state index contributed by atoms with van der Waals surface area (Å²) in [6.07, 6.45) is -0.692. The van der Waals surface area contributed by atoms with Crippen molar-refractivity contribution in [1.82, 2.24) is 9.80 Å². The van der Waals surface area contributed by atoms with Crippen LogP contribution < -0.4 is 4.74 Å². The van der Waals surface area contributed by atoms with Crippen LogP contribution in [0.4, 0.5) is 4.39 Å². The molecule has 1 saturated heterocycles. The van der Waals surface area contributed by atoms with Crippen LogP contribution in [0.15, 0.2) is 18.2 Å². The average molecular weight is 294 g/mol. The van der Waals surface area contributed by atoms with Crippen molar-refractivity contribution in [3.05, 3.63) is 29.6 Å². The van der Waals surface area contributed by atoms with Crippen LogP contribution in [0.5, 0.6) is 5.75 Å². The van der Waals surface area contributed by atoms with Crippen molar-refractivity contribution in [2.24, 2.45) is 0 Å². The van der Waals surface area contributed by atoms with Crippen LogP contribution in [0.2, 0.25) is 0 Å². The Labute approximate surface area is 122 Å². The Kier molecular flexibility index (Phi) is 3.82. The molecule has 1 aromatic carbocycles. The number of aliphatic hydroxyl groups excluding tert-OH is 1. The minimum absolute atomic E-state index is 0.0635. The van der Waals surface area contributed by atoms with E-state index in [0.29, 0.717) is 37.5 Å². The highest BCUT2D eigenvalue weighted by atomic mass is 19.1. The fourth-order valence-corrected chi connectivity index (χ4v) is 3.11. The van der Waals surface area contributed by atoms with Gasteiger partial charge >= 0.3 is 0 Å². The van der Waals surface area contributed by atoms with Gasteiger partial charge in [0.05, 0.1) is 6.04 Å². The number of ether oxygens (including phenoxy) is 1. The van der Waals surface area contributed by atoms with Gasteiger partial charge in [-0.15, -0.1) is 0 Å². The summed E-state index contributed by atoms with van der Waals surface area (Å²) in [5, 5.41) is 10.3. The summed E-state index contributed by atoms with van der Waals surface area (Å²) in [6.45, 7) is 4.35. The van der Waals surface area contributed by atoms with E-state index in [4.69, 9.17) is 4.74 Å². The molecule has 1 aromatic rings. The number of aliphatic hydroxyl groups is 1. The molecule has 2 aliphatic heterocycles. The first-order valence-corrected chi connectivity index (χ1v) is 7.16. The van der Waals surface area contributed by atoms with Crippen molar-refractivity contribution in [2.45, 2.75) is 19.1 Å². The quantitative estimate of drug-likeness (QED) is 0.832. The van der Waals surface area contributed by atoms with Crippen LogP contribution in [0, 0.1) is 5.82 Å². The molecule has 0 spiro atoms. The molecule has 2 unspecified atom stereocenters. The Hall–Kier alpha value is -1.66. The predicted octanol–water partition coefficient (Wildman–Crippen LogP) is 0.784. The molecule has 21 heavy (non-hydrogen) atoms. The lowest BCUT2D eigenvalue weighted by Crippen LogP contribution is -2.52. The number of rotatable bonds is 1. The summed E-state index contributed by atoms with van der Waals surface area (Å²) in [4.78, 5) is 15.3. The molecule has 3 rings (SSSR count). The number of amides is 1. The second-order valence-corrected chi connectivity index (χ2v) is 5.55. The van der Waals surface area contributed by atoms with E-state index in [9.17, 15) is 14.3 Å². The maximum absolute atomic E-state index is 13.5. The van der Waals surface area contributed by atoms with Gasteiger partial charge in [-0.05, 0) is 18.2 Å². The summed E-state index contributed by atoms with van der Waals surface area (Å²) in [5.41, 5.74) is 0.685. The van der Waals surface area contributed by atoms with Gasteiger partial charge in [-0.2, -0.15) is 0 Å². The minimum atomic E-state index is -0.692. The van der Waals surface area contributed by atoms with Crippen LogP contribution in [0.25, 0.3) is 0 Å². The molecular formula is C15H19FN2O3. The number of carbonyl (C=O) groups excluding carboxylic acids is 1. The van der Waals surface area contributed by atoms with Crippen LogP contribution in [0.3, 0.4) is 0 Å². The largest absolute Gasteiger partial charge is 0.490 e. The fraction of sp³-hybridized carbons (Fsp3) is 0.533. The molecule has 6 heteroatoms. The molecule has 2 atom stereocenters. The van der Waals surface area contributed by atoms with Gasteiger partial charge in [-0.1, -0.05) is 0 Å². The Bertz CT molecular complexity index is 544. The first kappa shape index (κ1) is 14.3. The molecule has 0 bridgehead atoms. The maximum atomic E-state index is 13.5. The molecule has 2 heterocycles. The van der Waals surface area contributed by atoms with Crippen molar-refractivity contribution in [1.29, 1.82) is 0 Å². The van der Waals surface area contributed by atoms with E-state index in [1.807, 2.05) is 0 Å². The Morgan fingerprint density at radius 1 is 1.33 bits per heavy atom. The summed E-state index contributed by atoms with van der Waals surface area (Å²) in [7, 11) is 0. The number of hydrogen-bond donors (Lipinski definition) is 1. The molecular weight excluding hydrogens is 275 g/mol. The van der Waals surface area contributed by atoms with Crippen LogP contribution in [0.1, 0.15) is 18.5 Å². The highest BCUT2D eigenvalue weighted by molar-refractivity contribution is 5.73. The van der Waals surface area contributed by atoms with Crippen molar-refractivity contribution in [3.63, 3.8) is 0 Å². The summed E-state index contributed by atoms with van der Waals surface area (Å²) >= 11 is 0. The zero-order chi connectivity index (χ0) is 15.0. The third-order valence-corrected chi connectivity index (χ3v) is 4.22. The Morgan fingerprint density at radius 3 is 2.71 bits per heavy atom. The van der Waals surface area contributed by atoms with E-state index in [2.05, 4.69) is 4.90 Å². The third kappa shape index (κ3) is 2.73. The molecule has 114 valence electrons. The number of nitrogens with zero attached hydrogens (tertiary/aromatic N) is 2. The van der Waals surface area contributed by atoms with Crippen LogP contribution in [-0.2, 0) is 4.79 Å². The second-order valence-electron chi connectivity index (χ2n) is 5.55. The molecule has 0 aliphatic carbocycles. The van der Waals surface area contributed by atoms with Gasteiger partial charge in [0.25, 0.3) is 0 Å². The molecule has 5 nitrogen and oxygen atoms in total. The average Bonchev–Trinajstić information content (AvgIpc) is 2.47. The molecule has 0 radical (unpaired) electrons. The fourth-order valence-electron chi connectivity index (χ4n) is 3.11. The highest BCUT2D eigenvalue weighted by Gasteiger charge is 2.36. The Balaban J connectivity index is 1.82. The van der Waals surface area contributed by atoms with Crippen molar-refractivity contribution < 1.29 is 19.0 Å². The minimum Gasteiger partial charge on any atom is -0.490 e. The molecule has 0 saturated carbocycles. The first-order valence-electron chi connectivity index (χ1n) is 7.16. The second kappa shape index (κ2) is 5.61. The molecule has 1 N–H and O–H groups in total. The molecule has 1 fully saturated rings. The summed E-state index contributed by atoms with van der Waals surface area (Å²) in [5.74, 6) is 0.355. The normalized spacial score (nSPS) is 26.1. The van der Waals surface area contributed by atoms with Crippen molar-refractivity contribution >= 4 is 5.91 Å². The lowest BCUT2D eigenvalue weighted by atomic mass is 9.95.